The van der Waals surface area contributed by atoms with Crippen LogP contribution in [0.4, 0.5) is 17.5 Å². The number of benzene rings is 1. The van der Waals surface area contributed by atoms with Gasteiger partial charge in [0.05, 0.1) is 11.2 Å². The SMILES string of the molecule is Cc1cc(N(C)CCc2ccncc2)nc(Nc2cccc3cccnc23)n1. The molecule has 4 rings (SSSR count). The Morgan fingerprint density at radius 3 is 2.64 bits per heavy atom. The molecule has 0 aliphatic carbocycles. The van der Waals surface area contributed by atoms with Crippen LogP contribution in [0.1, 0.15) is 11.3 Å². The normalized spacial score (nSPS) is 10.8. The van der Waals surface area contributed by atoms with Crippen molar-refractivity contribution in [3.05, 3.63) is 78.4 Å². The minimum Gasteiger partial charge on any atom is -0.359 e. The van der Waals surface area contributed by atoms with Gasteiger partial charge in [0.1, 0.15) is 5.82 Å². The lowest BCUT2D eigenvalue weighted by Gasteiger charge is -2.19. The molecular weight excluding hydrogens is 348 g/mol. The molecule has 0 amide bonds. The van der Waals surface area contributed by atoms with E-state index in [9.17, 15) is 0 Å². The lowest BCUT2D eigenvalue weighted by atomic mass is 10.2. The van der Waals surface area contributed by atoms with Crippen LogP contribution >= 0.6 is 0 Å². The number of aryl methyl sites for hydroxylation is 1. The van der Waals surface area contributed by atoms with Crippen LogP contribution in [0.25, 0.3) is 10.9 Å². The summed E-state index contributed by atoms with van der Waals surface area (Å²) in [6, 6.07) is 16.1. The van der Waals surface area contributed by atoms with E-state index in [-0.39, 0.29) is 0 Å². The predicted octanol–water partition coefficient (Wildman–Crippen LogP) is 4.15. The van der Waals surface area contributed by atoms with Crippen LogP contribution in [0.3, 0.4) is 0 Å². The van der Waals surface area contributed by atoms with E-state index in [0.29, 0.717) is 5.95 Å². The van der Waals surface area contributed by atoms with Crippen LogP contribution in [0.15, 0.2) is 67.1 Å². The van der Waals surface area contributed by atoms with Gasteiger partial charge in [-0.2, -0.15) is 4.98 Å². The molecule has 0 saturated heterocycles. The Kier molecular flexibility index (Phi) is 5.10. The summed E-state index contributed by atoms with van der Waals surface area (Å²) in [5, 5.41) is 4.42. The molecule has 0 aliphatic rings. The fourth-order valence-corrected chi connectivity index (χ4v) is 3.09. The summed E-state index contributed by atoms with van der Waals surface area (Å²) in [5.74, 6) is 1.46. The largest absolute Gasteiger partial charge is 0.359 e. The summed E-state index contributed by atoms with van der Waals surface area (Å²) in [7, 11) is 2.05. The van der Waals surface area contributed by atoms with Crippen molar-refractivity contribution < 1.29 is 0 Å². The lowest BCUT2D eigenvalue weighted by molar-refractivity contribution is 0.853. The van der Waals surface area contributed by atoms with Crippen molar-refractivity contribution in [3.63, 3.8) is 0 Å². The van der Waals surface area contributed by atoms with Crippen LogP contribution in [0, 0.1) is 6.92 Å². The fourth-order valence-electron chi connectivity index (χ4n) is 3.09. The summed E-state index contributed by atoms with van der Waals surface area (Å²) >= 11 is 0. The summed E-state index contributed by atoms with van der Waals surface area (Å²) in [4.78, 5) is 20.0. The molecule has 140 valence electrons. The van der Waals surface area contributed by atoms with Crippen molar-refractivity contribution in [2.75, 3.05) is 23.8 Å². The standard InChI is InChI=1S/C22H22N6/c1-16-15-20(28(2)14-10-17-8-12-23-13-9-17)27-22(25-16)26-19-7-3-5-18-6-4-11-24-21(18)19/h3-9,11-13,15H,10,14H2,1-2H3,(H,25,26,27). The average Bonchev–Trinajstić information content (AvgIpc) is 2.72. The highest BCUT2D eigenvalue weighted by atomic mass is 15.2. The van der Waals surface area contributed by atoms with Crippen LogP contribution in [-0.2, 0) is 6.42 Å². The zero-order chi connectivity index (χ0) is 19.3. The zero-order valence-corrected chi connectivity index (χ0v) is 16.0. The summed E-state index contributed by atoms with van der Waals surface area (Å²) in [6.07, 6.45) is 6.37. The van der Waals surface area contributed by atoms with Gasteiger partial charge in [0.2, 0.25) is 5.95 Å². The third-order valence-electron chi connectivity index (χ3n) is 4.60. The maximum absolute atomic E-state index is 4.71. The van der Waals surface area contributed by atoms with E-state index in [1.54, 1.807) is 6.20 Å². The Morgan fingerprint density at radius 2 is 1.79 bits per heavy atom. The molecule has 0 spiro atoms. The maximum Gasteiger partial charge on any atom is 0.229 e. The van der Waals surface area contributed by atoms with Crippen LogP contribution in [-0.4, -0.2) is 33.5 Å². The van der Waals surface area contributed by atoms with E-state index in [0.717, 1.165) is 41.1 Å². The second-order valence-electron chi connectivity index (χ2n) is 6.72. The number of aromatic nitrogens is 4. The van der Waals surface area contributed by atoms with Gasteiger partial charge in [0.25, 0.3) is 0 Å². The van der Waals surface area contributed by atoms with Crippen LogP contribution < -0.4 is 10.2 Å². The van der Waals surface area contributed by atoms with Crippen molar-refractivity contribution in [2.45, 2.75) is 13.3 Å². The fraction of sp³-hybridized carbons (Fsp3) is 0.182. The highest BCUT2D eigenvalue weighted by Crippen LogP contribution is 2.24. The minimum atomic E-state index is 0.573. The Morgan fingerprint density at radius 1 is 0.964 bits per heavy atom. The molecule has 6 nitrogen and oxygen atoms in total. The van der Waals surface area contributed by atoms with Gasteiger partial charge in [-0.15, -0.1) is 0 Å². The minimum absolute atomic E-state index is 0.573. The summed E-state index contributed by atoms with van der Waals surface area (Å²) in [6.45, 7) is 2.84. The maximum atomic E-state index is 4.71. The molecule has 0 unspecified atom stereocenters. The second-order valence-corrected chi connectivity index (χ2v) is 6.72. The summed E-state index contributed by atoms with van der Waals surface area (Å²) in [5.41, 5.74) is 3.97. The van der Waals surface area contributed by atoms with Gasteiger partial charge in [-0.25, -0.2) is 4.98 Å². The van der Waals surface area contributed by atoms with Gasteiger partial charge in [0, 0.05) is 49.3 Å². The van der Waals surface area contributed by atoms with E-state index in [1.807, 2.05) is 74.9 Å². The molecule has 0 aliphatic heterocycles. The number of nitrogens with one attached hydrogen (secondary N) is 1. The highest BCUT2D eigenvalue weighted by Gasteiger charge is 2.09. The molecule has 0 saturated carbocycles. The number of nitrogens with zero attached hydrogens (tertiary/aromatic N) is 5. The van der Waals surface area contributed by atoms with Crippen molar-refractivity contribution in [1.82, 2.24) is 19.9 Å². The van der Waals surface area contributed by atoms with E-state index < -0.39 is 0 Å². The molecule has 3 heterocycles. The molecule has 3 aromatic heterocycles. The van der Waals surface area contributed by atoms with E-state index in [1.165, 1.54) is 5.56 Å². The molecule has 0 fully saturated rings. The third kappa shape index (κ3) is 4.06. The first-order valence-corrected chi connectivity index (χ1v) is 9.25. The molecule has 4 aromatic rings. The number of likely N-dealkylation sites (N-methyl/N-ethyl adjacent to an activating group) is 1. The monoisotopic (exact) mass is 370 g/mol. The van der Waals surface area contributed by atoms with Crippen molar-refractivity contribution in [2.24, 2.45) is 0 Å². The molecule has 1 aromatic carbocycles. The van der Waals surface area contributed by atoms with Gasteiger partial charge in [-0.3, -0.25) is 9.97 Å². The van der Waals surface area contributed by atoms with E-state index in [2.05, 4.69) is 25.2 Å². The van der Waals surface area contributed by atoms with E-state index in [4.69, 9.17) is 4.98 Å². The number of pyridine rings is 2. The Hall–Kier alpha value is -3.54. The Labute approximate surface area is 164 Å². The topological polar surface area (TPSA) is 66.8 Å². The summed E-state index contributed by atoms with van der Waals surface area (Å²) < 4.78 is 0. The predicted molar refractivity (Wildman–Crippen MR) is 113 cm³/mol. The Balaban J connectivity index is 1.55. The number of hydrogen-bond acceptors (Lipinski definition) is 6. The van der Waals surface area contributed by atoms with E-state index >= 15 is 0 Å². The smallest absolute Gasteiger partial charge is 0.229 e. The second kappa shape index (κ2) is 8.00. The number of anilines is 3. The van der Waals surface area contributed by atoms with Crippen molar-refractivity contribution in [1.29, 1.82) is 0 Å². The first-order valence-electron chi connectivity index (χ1n) is 9.25. The average molecular weight is 370 g/mol. The molecule has 0 atom stereocenters. The van der Waals surface area contributed by atoms with Gasteiger partial charge >= 0.3 is 0 Å². The van der Waals surface area contributed by atoms with Crippen molar-refractivity contribution in [3.8, 4) is 0 Å². The molecule has 0 radical (unpaired) electrons. The molecular formula is C22H22N6. The number of para-hydroxylation sites is 1. The molecule has 28 heavy (non-hydrogen) atoms. The first kappa shape index (κ1) is 17.9. The number of hydrogen-bond donors (Lipinski definition) is 1. The molecule has 0 bridgehead atoms. The first-order chi connectivity index (χ1) is 13.7. The molecule has 1 N–H and O–H groups in total. The van der Waals surface area contributed by atoms with Gasteiger partial charge in [-0.1, -0.05) is 18.2 Å². The zero-order valence-electron chi connectivity index (χ0n) is 16.0. The van der Waals surface area contributed by atoms with Crippen molar-refractivity contribution >= 4 is 28.4 Å². The van der Waals surface area contributed by atoms with Gasteiger partial charge < -0.3 is 10.2 Å². The van der Waals surface area contributed by atoms with Gasteiger partial charge in [0.15, 0.2) is 0 Å². The lowest BCUT2D eigenvalue weighted by Crippen LogP contribution is -2.22. The molecule has 6 heteroatoms. The quantitative estimate of drug-likeness (QED) is 0.550. The van der Waals surface area contributed by atoms with Crippen LogP contribution in [0.2, 0.25) is 0 Å². The number of fused-ring (bicyclic) bond motifs is 1. The third-order valence-corrected chi connectivity index (χ3v) is 4.60. The number of rotatable bonds is 6. The van der Waals surface area contributed by atoms with Gasteiger partial charge in [-0.05, 0) is 43.2 Å². The van der Waals surface area contributed by atoms with Crippen LogP contribution in [0.5, 0.6) is 0 Å². The Bertz CT molecular complexity index is 1080. The highest BCUT2D eigenvalue weighted by molar-refractivity contribution is 5.91.